The smallest absolute Gasteiger partial charge is 0.333 e. The van der Waals surface area contributed by atoms with E-state index in [4.69, 9.17) is 9.84 Å². The highest BCUT2D eigenvalue weighted by Gasteiger charge is 2.31. The maximum Gasteiger partial charge on any atom is 0.333 e. The van der Waals surface area contributed by atoms with Crippen LogP contribution in [0.3, 0.4) is 0 Å². The summed E-state index contributed by atoms with van der Waals surface area (Å²) in [7, 11) is 1.31. The molecule has 0 amide bonds. The first kappa shape index (κ1) is 13.8. The molecule has 0 radical (unpaired) electrons. The fourth-order valence-corrected chi connectivity index (χ4v) is 1.37. The zero-order chi connectivity index (χ0) is 13.9. The Morgan fingerprint density at radius 1 is 1.50 bits per heavy atom. The Morgan fingerprint density at radius 2 is 2.11 bits per heavy atom. The van der Waals surface area contributed by atoms with Crippen LogP contribution in [0.1, 0.15) is 13.8 Å². The van der Waals surface area contributed by atoms with Crippen molar-refractivity contribution in [2.75, 3.05) is 12.4 Å². The third-order valence-corrected chi connectivity index (χ3v) is 2.38. The van der Waals surface area contributed by atoms with Crippen LogP contribution >= 0.6 is 0 Å². The molecule has 7 nitrogen and oxygen atoms in total. The second-order valence-electron chi connectivity index (χ2n) is 4.17. The Balaban J connectivity index is 3.25. The number of carboxylic acid groups (broad SMARTS) is 1. The van der Waals surface area contributed by atoms with Crippen LogP contribution in [0.2, 0.25) is 0 Å². The van der Waals surface area contributed by atoms with E-state index >= 15 is 0 Å². The maximum absolute atomic E-state index is 11.0. The number of anilines is 1. The van der Waals surface area contributed by atoms with Gasteiger partial charge in [0.25, 0.3) is 0 Å². The molecule has 0 saturated heterocycles. The number of nitro benzene ring substituents is 1. The summed E-state index contributed by atoms with van der Waals surface area (Å²) in [5.41, 5.74) is -1.50. The molecule has 98 valence electrons. The predicted molar refractivity (Wildman–Crippen MR) is 65.0 cm³/mol. The molecule has 0 atom stereocenters. The molecular formula is C11H14N2O5. The topological polar surface area (TPSA) is 102 Å². The van der Waals surface area contributed by atoms with Crippen molar-refractivity contribution in [1.29, 1.82) is 0 Å². The van der Waals surface area contributed by atoms with Crippen molar-refractivity contribution in [3.05, 3.63) is 28.3 Å². The number of hydrogen-bond acceptors (Lipinski definition) is 5. The van der Waals surface area contributed by atoms with Crippen LogP contribution in [0.4, 0.5) is 11.4 Å². The summed E-state index contributed by atoms with van der Waals surface area (Å²) in [5.74, 6) is -1.04. The van der Waals surface area contributed by atoms with Gasteiger partial charge < -0.3 is 15.2 Å². The lowest BCUT2D eigenvalue weighted by atomic mass is 10.1. The van der Waals surface area contributed by atoms with Crippen LogP contribution in [0.15, 0.2) is 18.2 Å². The van der Waals surface area contributed by atoms with Gasteiger partial charge >= 0.3 is 11.7 Å². The highest BCUT2D eigenvalue weighted by Crippen LogP contribution is 2.35. The van der Waals surface area contributed by atoms with Gasteiger partial charge in [-0.25, -0.2) is 4.79 Å². The van der Waals surface area contributed by atoms with E-state index in [9.17, 15) is 14.9 Å². The standard InChI is InChI=1S/C11H14N2O5/c1-11(2,10(14)15)12-7-5-4-6-8(18-3)9(7)13(16)17/h4-6,12H,1-3H3,(H,14,15). The Hall–Kier alpha value is -2.31. The number of hydrogen-bond donors (Lipinski definition) is 2. The van der Waals surface area contributed by atoms with Gasteiger partial charge in [-0.2, -0.15) is 0 Å². The number of aliphatic carboxylic acids is 1. The summed E-state index contributed by atoms with van der Waals surface area (Å²) < 4.78 is 4.89. The monoisotopic (exact) mass is 254 g/mol. The molecule has 0 aliphatic carbocycles. The molecule has 1 aromatic rings. The highest BCUT2D eigenvalue weighted by molar-refractivity contribution is 5.83. The quantitative estimate of drug-likeness (QED) is 0.614. The summed E-state index contributed by atoms with van der Waals surface area (Å²) in [5, 5.41) is 22.6. The van der Waals surface area contributed by atoms with Crippen molar-refractivity contribution >= 4 is 17.3 Å². The van der Waals surface area contributed by atoms with Crippen LogP contribution in [-0.2, 0) is 4.79 Å². The van der Waals surface area contributed by atoms with E-state index in [0.29, 0.717) is 0 Å². The Labute approximate surface area is 104 Å². The maximum atomic E-state index is 11.0. The molecular weight excluding hydrogens is 240 g/mol. The third-order valence-electron chi connectivity index (χ3n) is 2.38. The second-order valence-corrected chi connectivity index (χ2v) is 4.17. The molecule has 1 aromatic carbocycles. The van der Waals surface area contributed by atoms with Gasteiger partial charge in [0.2, 0.25) is 0 Å². The first-order valence-corrected chi connectivity index (χ1v) is 5.12. The Morgan fingerprint density at radius 3 is 2.56 bits per heavy atom. The predicted octanol–water partition coefficient (Wildman–Crippen LogP) is 1.88. The van der Waals surface area contributed by atoms with Gasteiger partial charge in [0, 0.05) is 0 Å². The van der Waals surface area contributed by atoms with Crippen molar-refractivity contribution in [3.8, 4) is 5.75 Å². The number of nitrogens with one attached hydrogen (secondary N) is 1. The molecule has 0 fully saturated rings. The average molecular weight is 254 g/mol. The van der Waals surface area contributed by atoms with E-state index in [-0.39, 0.29) is 17.1 Å². The summed E-state index contributed by atoms with van der Waals surface area (Å²) >= 11 is 0. The van der Waals surface area contributed by atoms with E-state index < -0.39 is 16.4 Å². The molecule has 0 aliphatic heterocycles. The molecule has 18 heavy (non-hydrogen) atoms. The largest absolute Gasteiger partial charge is 0.490 e. The van der Waals surface area contributed by atoms with Crippen molar-refractivity contribution in [3.63, 3.8) is 0 Å². The van der Waals surface area contributed by atoms with Gasteiger partial charge in [-0.3, -0.25) is 10.1 Å². The van der Waals surface area contributed by atoms with Crippen molar-refractivity contribution in [1.82, 2.24) is 0 Å². The Kier molecular flexibility index (Phi) is 3.75. The number of nitrogens with zero attached hydrogens (tertiary/aromatic N) is 1. The average Bonchev–Trinajstić information content (AvgIpc) is 2.27. The van der Waals surface area contributed by atoms with E-state index in [1.54, 1.807) is 6.07 Å². The summed E-state index contributed by atoms with van der Waals surface area (Å²) in [6.45, 7) is 2.83. The number of methoxy groups -OCH3 is 1. The second kappa shape index (κ2) is 4.91. The minimum atomic E-state index is -1.32. The summed E-state index contributed by atoms with van der Waals surface area (Å²) in [4.78, 5) is 21.4. The minimum Gasteiger partial charge on any atom is -0.490 e. The summed E-state index contributed by atoms with van der Waals surface area (Å²) in [6, 6.07) is 4.43. The van der Waals surface area contributed by atoms with Crippen molar-refractivity contribution < 1.29 is 19.6 Å². The SMILES string of the molecule is COc1cccc(NC(C)(C)C(=O)O)c1[N+](=O)[O-]. The van der Waals surface area contributed by atoms with E-state index in [1.165, 1.54) is 33.1 Å². The molecule has 0 unspecified atom stereocenters. The third kappa shape index (κ3) is 2.68. The molecule has 1 rings (SSSR count). The number of carbonyl (C=O) groups is 1. The zero-order valence-corrected chi connectivity index (χ0v) is 10.3. The number of ether oxygens (including phenoxy) is 1. The first-order chi connectivity index (χ1) is 8.29. The van der Waals surface area contributed by atoms with Crippen LogP contribution in [0, 0.1) is 10.1 Å². The van der Waals surface area contributed by atoms with Gasteiger partial charge in [0.05, 0.1) is 12.0 Å². The fraction of sp³-hybridized carbons (Fsp3) is 0.364. The van der Waals surface area contributed by atoms with Gasteiger partial charge in [0.15, 0.2) is 5.75 Å². The minimum absolute atomic E-state index is 0.0752. The van der Waals surface area contributed by atoms with Gasteiger partial charge in [-0.1, -0.05) is 6.07 Å². The lowest BCUT2D eigenvalue weighted by molar-refractivity contribution is -0.384. The molecule has 0 aromatic heterocycles. The van der Waals surface area contributed by atoms with Crippen LogP contribution in [0.5, 0.6) is 5.75 Å². The molecule has 7 heteroatoms. The highest BCUT2D eigenvalue weighted by atomic mass is 16.6. The zero-order valence-electron chi connectivity index (χ0n) is 10.3. The lowest BCUT2D eigenvalue weighted by Crippen LogP contribution is -2.40. The van der Waals surface area contributed by atoms with E-state index in [1.807, 2.05) is 0 Å². The fourth-order valence-electron chi connectivity index (χ4n) is 1.37. The lowest BCUT2D eigenvalue weighted by Gasteiger charge is -2.22. The van der Waals surface area contributed by atoms with Gasteiger partial charge in [-0.05, 0) is 26.0 Å². The molecule has 0 bridgehead atoms. The van der Waals surface area contributed by atoms with Gasteiger partial charge in [-0.15, -0.1) is 0 Å². The van der Waals surface area contributed by atoms with Gasteiger partial charge in [0.1, 0.15) is 11.2 Å². The van der Waals surface area contributed by atoms with Crippen molar-refractivity contribution in [2.45, 2.75) is 19.4 Å². The molecule has 0 spiro atoms. The normalized spacial score (nSPS) is 10.8. The van der Waals surface area contributed by atoms with E-state index in [0.717, 1.165) is 0 Å². The molecule has 0 saturated carbocycles. The summed E-state index contributed by atoms with van der Waals surface area (Å²) in [6.07, 6.45) is 0. The first-order valence-electron chi connectivity index (χ1n) is 5.12. The molecule has 2 N–H and O–H groups in total. The molecule has 0 heterocycles. The van der Waals surface area contributed by atoms with E-state index in [2.05, 4.69) is 5.32 Å². The van der Waals surface area contributed by atoms with Crippen molar-refractivity contribution in [2.24, 2.45) is 0 Å². The number of rotatable bonds is 5. The number of carboxylic acids is 1. The number of para-hydroxylation sites is 1. The number of benzene rings is 1. The van der Waals surface area contributed by atoms with Crippen LogP contribution in [-0.4, -0.2) is 28.6 Å². The van der Waals surface area contributed by atoms with Crippen LogP contribution < -0.4 is 10.1 Å². The number of nitro groups is 1. The Bertz CT molecular complexity index is 484. The molecule has 0 aliphatic rings. The van der Waals surface area contributed by atoms with Crippen LogP contribution in [0.25, 0.3) is 0 Å².